The van der Waals surface area contributed by atoms with Gasteiger partial charge in [-0.15, -0.1) is 0 Å². The Morgan fingerprint density at radius 1 is 1.11 bits per heavy atom. The highest BCUT2D eigenvalue weighted by Gasteiger charge is 2.70. The quantitative estimate of drug-likeness (QED) is 0.451. The van der Waals surface area contributed by atoms with Crippen molar-refractivity contribution in [2.45, 2.75) is 69.3 Å². The molecule has 4 aliphatic carbocycles. The molecule has 2 aromatic rings. The van der Waals surface area contributed by atoms with Gasteiger partial charge in [-0.25, -0.2) is 0 Å². The van der Waals surface area contributed by atoms with E-state index >= 15 is 8.78 Å². The third-order valence-electron chi connectivity index (χ3n) is 10.0. The molecule has 192 valence electrons. The van der Waals surface area contributed by atoms with E-state index in [2.05, 4.69) is 35.8 Å². The Kier molecular flexibility index (Phi) is 5.65. The number of rotatable bonds is 4. The Hall–Kier alpha value is -2.92. The fourth-order valence-corrected chi connectivity index (χ4v) is 8.12. The van der Waals surface area contributed by atoms with Crippen molar-refractivity contribution in [3.05, 3.63) is 89.8 Å². The number of allylic oxidation sites excluding steroid dienone is 4. The fourth-order valence-electron chi connectivity index (χ4n) is 8.12. The van der Waals surface area contributed by atoms with Gasteiger partial charge in [-0.3, -0.25) is 9.78 Å². The zero-order valence-electron chi connectivity index (χ0n) is 21.2. The van der Waals surface area contributed by atoms with Crippen LogP contribution in [0.5, 0.6) is 0 Å². The van der Waals surface area contributed by atoms with Gasteiger partial charge in [0.1, 0.15) is 5.60 Å². The summed E-state index contributed by atoms with van der Waals surface area (Å²) in [6.45, 7) is 5.27. The normalized spacial score (nSPS) is 33.4. The smallest absolute Gasteiger partial charge is 0.294 e. The lowest BCUT2D eigenvalue weighted by molar-refractivity contribution is -0.213. The Morgan fingerprint density at radius 3 is 2.59 bits per heavy atom. The third-order valence-corrected chi connectivity index (χ3v) is 10.0. The number of alkyl halides is 2. The van der Waals surface area contributed by atoms with Gasteiger partial charge in [-0.05, 0) is 96.4 Å². The second kappa shape index (κ2) is 8.56. The summed E-state index contributed by atoms with van der Waals surface area (Å²) in [7, 11) is 0. The number of aromatic nitrogens is 1. The number of hydrogen-bond donors (Lipinski definition) is 1. The molecule has 3 unspecified atom stereocenters. The van der Waals surface area contributed by atoms with Crippen LogP contribution in [-0.4, -0.2) is 27.4 Å². The molecule has 0 spiro atoms. The molecule has 5 atom stereocenters. The van der Waals surface area contributed by atoms with E-state index in [9.17, 15) is 9.90 Å². The van der Waals surface area contributed by atoms with Crippen molar-refractivity contribution < 1.29 is 18.7 Å². The van der Waals surface area contributed by atoms with Crippen LogP contribution in [0.15, 0.2) is 84.2 Å². The van der Waals surface area contributed by atoms with Crippen molar-refractivity contribution in [2.24, 2.45) is 17.3 Å². The maximum atomic E-state index is 15.3. The first-order valence-corrected chi connectivity index (χ1v) is 13.4. The number of halogens is 2. The molecule has 4 aliphatic rings. The summed E-state index contributed by atoms with van der Waals surface area (Å²) in [6.07, 6.45) is 9.96. The molecule has 1 heterocycles. The Balaban J connectivity index is 1.49. The molecule has 0 bridgehead atoms. The van der Waals surface area contributed by atoms with Crippen LogP contribution >= 0.6 is 0 Å². The van der Waals surface area contributed by atoms with Gasteiger partial charge >= 0.3 is 0 Å². The van der Waals surface area contributed by atoms with E-state index in [4.69, 9.17) is 0 Å². The number of ketones is 1. The highest BCUT2D eigenvalue weighted by Crippen LogP contribution is 2.69. The molecule has 2 saturated carbocycles. The summed E-state index contributed by atoms with van der Waals surface area (Å²) >= 11 is 0. The zero-order valence-corrected chi connectivity index (χ0v) is 21.2. The molecule has 0 aliphatic heterocycles. The number of nitrogens with zero attached hydrogens (tertiary/aromatic N) is 1. The number of carbonyl (C=O) groups excluding carboxylic acids is 1. The SMILES string of the molecule is C=CC(F)(F)[C@]1(O)CCC2C3CCC4=CC(=O)CCC4=C3C(c3ccc(-c4cccnc4)cc3)C[C@@]21C. The lowest BCUT2D eigenvalue weighted by Crippen LogP contribution is -2.59. The topological polar surface area (TPSA) is 50.2 Å². The number of fused-ring (bicyclic) bond motifs is 4. The molecule has 0 saturated heterocycles. The molecule has 5 heteroatoms. The Bertz CT molecular complexity index is 1310. The second-order valence-corrected chi connectivity index (χ2v) is 11.6. The van der Waals surface area contributed by atoms with E-state index in [0.29, 0.717) is 25.3 Å². The molecular weight excluding hydrogens is 468 g/mol. The second-order valence-electron chi connectivity index (χ2n) is 11.6. The Labute approximate surface area is 217 Å². The molecule has 1 aromatic carbocycles. The van der Waals surface area contributed by atoms with Gasteiger partial charge < -0.3 is 5.11 Å². The summed E-state index contributed by atoms with van der Waals surface area (Å²) in [5.41, 5.74) is 3.79. The monoisotopic (exact) mass is 501 g/mol. The van der Waals surface area contributed by atoms with Crippen molar-refractivity contribution in [2.75, 3.05) is 0 Å². The van der Waals surface area contributed by atoms with E-state index in [1.54, 1.807) is 6.20 Å². The maximum absolute atomic E-state index is 15.3. The summed E-state index contributed by atoms with van der Waals surface area (Å²) in [5.74, 6) is -3.19. The lowest BCUT2D eigenvalue weighted by Gasteiger charge is -2.55. The summed E-state index contributed by atoms with van der Waals surface area (Å²) < 4.78 is 30.7. The van der Waals surface area contributed by atoms with Gasteiger partial charge in [-0.2, -0.15) is 8.78 Å². The van der Waals surface area contributed by atoms with Crippen LogP contribution in [0, 0.1) is 17.3 Å². The largest absolute Gasteiger partial charge is 0.383 e. The van der Waals surface area contributed by atoms with Gasteiger partial charge in [0.15, 0.2) is 5.78 Å². The average molecular weight is 502 g/mol. The standard InChI is InChI=1S/C32H33F2NO2/c1-3-32(33,34)31(37)15-14-28-26-12-10-22-17-24(36)11-13-25(22)29(26)27(18-30(28,31)2)21-8-6-20(7-9-21)23-5-4-16-35-19-23/h3-9,16-17,19,26-28,37H,1,10-15,18H2,2H3/t26?,27?,28?,30-,31-/m0/s1. The molecule has 2 fully saturated rings. The van der Waals surface area contributed by atoms with Crippen molar-refractivity contribution in [3.8, 4) is 11.1 Å². The van der Waals surface area contributed by atoms with Crippen molar-refractivity contribution >= 4 is 5.78 Å². The Morgan fingerprint density at radius 2 is 1.89 bits per heavy atom. The highest BCUT2D eigenvalue weighted by molar-refractivity contribution is 5.93. The first-order chi connectivity index (χ1) is 17.7. The van der Waals surface area contributed by atoms with Crippen LogP contribution in [0.25, 0.3) is 11.1 Å². The highest BCUT2D eigenvalue weighted by atomic mass is 19.3. The minimum absolute atomic E-state index is 0.0316. The van der Waals surface area contributed by atoms with E-state index in [1.165, 1.54) is 11.1 Å². The van der Waals surface area contributed by atoms with E-state index in [1.807, 2.05) is 31.3 Å². The molecule has 0 amide bonds. The average Bonchev–Trinajstić information content (AvgIpc) is 3.20. The van der Waals surface area contributed by atoms with Crippen molar-refractivity contribution in [1.82, 2.24) is 4.98 Å². The van der Waals surface area contributed by atoms with Gasteiger partial charge in [-0.1, -0.05) is 49.4 Å². The van der Waals surface area contributed by atoms with Gasteiger partial charge in [0.05, 0.1) is 0 Å². The van der Waals surface area contributed by atoms with Crippen LogP contribution in [-0.2, 0) is 4.79 Å². The molecule has 1 aromatic heterocycles. The first kappa shape index (κ1) is 24.4. The van der Waals surface area contributed by atoms with Gasteiger partial charge in [0, 0.05) is 30.1 Å². The van der Waals surface area contributed by atoms with E-state index in [0.717, 1.165) is 41.5 Å². The van der Waals surface area contributed by atoms with Gasteiger partial charge in [0.2, 0.25) is 0 Å². The molecule has 3 nitrogen and oxygen atoms in total. The van der Waals surface area contributed by atoms with E-state index < -0.39 is 16.9 Å². The minimum Gasteiger partial charge on any atom is -0.383 e. The molecule has 6 rings (SSSR count). The number of carbonyl (C=O) groups is 1. The fraction of sp³-hybridized carbons (Fsp3) is 0.438. The van der Waals surface area contributed by atoms with Crippen LogP contribution in [0.1, 0.15) is 63.4 Å². The number of pyridine rings is 1. The van der Waals surface area contributed by atoms with Gasteiger partial charge in [0.25, 0.3) is 5.92 Å². The zero-order chi connectivity index (χ0) is 26.0. The van der Waals surface area contributed by atoms with Crippen LogP contribution in [0.4, 0.5) is 8.78 Å². The molecule has 1 N–H and O–H groups in total. The number of benzene rings is 1. The number of hydrogen-bond acceptors (Lipinski definition) is 3. The minimum atomic E-state index is -3.37. The molecule has 0 radical (unpaired) electrons. The predicted octanol–water partition coefficient (Wildman–Crippen LogP) is 7.20. The van der Waals surface area contributed by atoms with Crippen molar-refractivity contribution in [3.63, 3.8) is 0 Å². The van der Waals surface area contributed by atoms with Crippen LogP contribution in [0.3, 0.4) is 0 Å². The van der Waals surface area contributed by atoms with Crippen LogP contribution in [0.2, 0.25) is 0 Å². The third kappa shape index (κ3) is 3.53. The molecule has 37 heavy (non-hydrogen) atoms. The summed E-state index contributed by atoms with van der Waals surface area (Å²) in [4.78, 5) is 16.5. The number of aliphatic hydroxyl groups is 1. The van der Waals surface area contributed by atoms with Crippen LogP contribution < -0.4 is 0 Å². The van der Waals surface area contributed by atoms with Crippen molar-refractivity contribution in [1.29, 1.82) is 0 Å². The lowest BCUT2D eigenvalue weighted by atomic mass is 9.50. The summed E-state index contributed by atoms with van der Waals surface area (Å²) in [5, 5.41) is 11.7. The van der Waals surface area contributed by atoms with E-state index in [-0.39, 0.29) is 30.0 Å². The maximum Gasteiger partial charge on any atom is 0.294 e. The summed E-state index contributed by atoms with van der Waals surface area (Å²) in [6, 6.07) is 12.3. The first-order valence-electron chi connectivity index (χ1n) is 13.4. The predicted molar refractivity (Wildman–Crippen MR) is 140 cm³/mol. The molecular formula is C32H33F2NO2.